The lowest BCUT2D eigenvalue weighted by Gasteiger charge is -2.16. The van der Waals surface area contributed by atoms with Crippen LogP contribution in [0.1, 0.15) is 11.8 Å². The van der Waals surface area contributed by atoms with E-state index in [4.69, 9.17) is 4.74 Å². The molecule has 2 aromatic heterocycles. The van der Waals surface area contributed by atoms with E-state index in [1.165, 1.54) is 41.1 Å². The zero-order valence-corrected chi connectivity index (χ0v) is 15.6. The fourth-order valence-electron chi connectivity index (χ4n) is 3.07. The summed E-state index contributed by atoms with van der Waals surface area (Å²) in [6.45, 7) is -0.924. The van der Waals surface area contributed by atoms with Gasteiger partial charge >= 0.3 is 0 Å². The van der Waals surface area contributed by atoms with Gasteiger partial charge in [0.2, 0.25) is 0 Å². The fraction of sp³-hybridized carbons (Fsp3) is 0.353. The molecule has 0 spiro atoms. The molecule has 152 valence electrons. The Morgan fingerprint density at radius 1 is 1.21 bits per heavy atom. The molecule has 4 rings (SSSR count). The first-order chi connectivity index (χ1) is 14.0. The van der Waals surface area contributed by atoms with Gasteiger partial charge in [-0.05, 0) is 5.56 Å². The second kappa shape index (κ2) is 7.99. The number of imidazole rings is 1. The third-order valence-electron chi connectivity index (χ3n) is 4.61. The molecule has 12 heteroatoms. The van der Waals surface area contributed by atoms with Crippen molar-refractivity contribution in [1.29, 1.82) is 0 Å². The monoisotopic (exact) mass is 421 g/mol. The van der Waals surface area contributed by atoms with Crippen molar-refractivity contribution < 1.29 is 24.3 Å². The number of rotatable bonds is 6. The molecular formula is C17H16FN5O5S. The Morgan fingerprint density at radius 2 is 1.97 bits per heavy atom. The fourth-order valence-corrected chi connectivity index (χ4v) is 3.97. The lowest BCUT2D eigenvalue weighted by Crippen LogP contribution is -2.32. The van der Waals surface area contributed by atoms with Crippen LogP contribution in [0.25, 0.3) is 11.2 Å². The summed E-state index contributed by atoms with van der Waals surface area (Å²) in [5.74, 6) is 0.502. The molecule has 1 saturated heterocycles. The van der Waals surface area contributed by atoms with Crippen LogP contribution in [0.5, 0.6) is 0 Å². The van der Waals surface area contributed by atoms with Gasteiger partial charge in [0.1, 0.15) is 41.9 Å². The number of hydrogen-bond donors (Lipinski definition) is 2. The summed E-state index contributed by atoms with van der Waals surface area (Å²) < 4.78 is 19.8. The molecule has 3 aromatic rings. The number of aliphatic hydroxyl groups excluding tert-OH is 2. The summed E-state index contributed by atoms with van der Waals surface area (Å²) in [5, 5.41) is 31.4. The maximum Gasteiger partial charge on any atom is 0.269 e. The van der Waals surface area contributed by atoms with Gasteiger partial charge in [-0.15, -0.1) is 0 Å². The summed E-state index contributed by atoms with van der Waals surface area (Å²) in [7, 11) is 0. The number of nitrogens with zero attached hydrogens (tertiary/aromatic N) is 5. The van der Waals surface area contributed by atoms with Crippen molar-refractivity contribution in [2.45, 2.75) is 35.3 Å². The van der Waals surface area contributed by atoms with E-state index < -0.39 is 36.1 Å². The standard InChI is InChI=1S/C17H16FN5O5S/c18-5-11-13(24)14(25)17(28-11)22-8-21-12-15(22)19-7-20-16(12)29-6-9-1-3-10(4-2-9)23(26)27/h1-4,7-8,11,13-14,17,24-25H,5-6H2/t11-,13-,14-,17-/m1/s1. The number of alkyl halides is 1. The highest BCUT2D eigenvalue weighted by Gasteiger charge is 2.44. The van der Waals surface area contributed by atoms with Gasteiger partial charge in [0, 0.05) is 17.9 Å². The van der Waals surface area contributed by atoms with Crippen molar-refractivity contribution in [3.63, 3.8) is 0 Å². The number of aliphatic hydroxyl groups is 2. The van der Waals surface area contributed by atoms with E-state index in [0.29, 0.717) is 21.9 Å². The van der Waals surface area contributed by atoms with Gasteiger partial charge in [-0.25, -0.2) is 19.3 Å². The summed E-state index contributed by atoms with van der Waals surface area (Å²) in [6, 6.07) is 6.21. The predicted molar refractivity (Wildman–Crippen MR) is 99.9 cm³/mol. The molecule has 0 radical (unpaired) electrons. The van der Waals surface area contributed by atoms with Crippen LogP contribution in [-0.2, 0) is 10.5 Å². The Morgan fingerprint density at radius 3 is 2.62 bits per heavy atom. The van der Waals surface area contributed by atoms with Gasteiger partial charge in [0.25, 0.3) is 5.69 Å². The topological polar surface area (TPSA) is 136 Å². The van der Waals surface area contributed by atoms with Crippen LogP contribution in [0.2, 0.25) is 0 Å². The van der Waals surface area contributed by atoms with E-state index in [-0.39, 0.29) is 5.69 Å². The molecule has 1 aromatic carbocycles. The number of nitro benzene ring substituents is 1. The van der Waals surface area contributed by atoms with Crippen molar-refractivity contribution in [2.75, 3.05) is 6.67 Å². The second-order valence-corrected chi connectivity index (χ2v) is 7.38. The summed E-state index contributed by atoms with van der Waals surface area (Å²) in [6.07, 6.45) is -2.07. The van der Waals surface area contributed by atoms with Crippen LogP contribution in [0.15, 0.2) is 41.9 Å². The minimum atomic E-state index is -1.35. The van der Waals surface area contributed by atoms with Crippen molar-refractivity contribution >= 4 is 28.6 Å². The van der Waals surface area contributed by atoms with E-state index in [1.54, 1.807) is 12.1 Å². The number of hydrogen-bond acceptors (Lipinski definition) is 9. The largest absolute Gasteiger partial charge is 0.387 e. The summed E-state index contributed by atoms with van der Waals surface area (Å²) in [5.41, 5.74) is 1.73. The molecule has 0 saturated carbocycles. The second-order valence-electron chi connectivity index (χ2n) is 6.42. The number of ether oxygens (including phenoxy) is 1. The van der Waals surface area contributed by atoms with Crippen LogP contribution in [0.4, 0.5) is 10.1 Å². The van der Waals surface area contributed by atoms with E-state index in [0.717, 1.165) is 5.56 Å². The van der Waals surface area contributed by atoms with E-state index in [1.807, 2.05) is 0 Å². The lowest BCUT2D eigenvalue weighted by atomic mass is 10.1. The van der Waals surface area contributed by atoms with Gasteiger partial charge < -0.3 is 14.9 Å². The number of aromatic nitrogens is 4. The Labute approximate surface area is 167 Å². The normalized spacial score (nSPS) is 24.2. The SMILES string of the molecule is O=[N+]([O-])c1ccc(CSc2ncnc3c2ncn3[C@@H]2O[C@H](CF)[C@@H](O)[C@H]2O)cc1. The number of benzene rings is 1. The molecule has 4 atom stereocenters. The molecule has 2 N–H and O–H groups in total. The van der Waals surface area contributed by atoms with E-state index in [9.17, 15) is 24.7 Å². The van der Waals surface area contributed by atoms with Gasteiger partial charge in [0.05, 0.1) is 11.3 Å². The van der Waals surface area contributed by atoms with E-state index in [2.05, 4.69) is 15.0 Å². The molecule has 0 aliphatic carbocycles. The molecule has 1 aliphatic heterocycles. The molecule has 1 fully saturated rings. The number of fused-ring (bicyclic) bond motifs is 1. The average molecular weight is 421 g/mol. The maximum absolute atomic E-state index is 13.0. The van der Waals surface area contributed by atoms with Crippen LogP contribution in [0, 0.1) is 10.1 Å². The number of thioether (sulfide) groups is 1. The zero-order chi connectivity index (χ0) is 20.5. The third kappa shape index (κ3) is 3.67. The molecule has 3 heterocycles. The number of non-ortho nitro benzene ring substituents is 1. The van der Waals surface area contributed by atoms with E-state index >= 15 is 0 Å². The zero-order valence-electron chi connectivity index (χ0n) is 14.8. The average Bonchev–Trinajstić information content (AvgIpc) is 3.28. The first-order valence-corrected chi connectivity index (χ1v) is 9.59. The molecule has 29 heavy (non-hydrogen) atoms. The first kappa shape index (κ1) is 19.6. The maximum atomic E-state index is 13.0. The van der Waals surface area contributed by atoms with Crippen LogP contribution >= 0.6 is 11.8 Å². The molecule has 10 nitrogen and oxygen atoms in total. The highest BCUT2D eigenvalue weighted by Crippen LogP contribution is 2.33. The molecule has 0 unspecified atom stereocenters. The van der Waals surface area contributed by atoms with Crippen molar-refractivity contribution in [3.05, 3.63) is 52.6 Å². The molecule has 0 bridgehead atoms. The Hall–Kier alpha value is -2.67. The van der Waals surface area contributed by atoms with Crippen molar-refractivity contribution in [3.8, 4) is 0 Å². The Bertz CT molecular complexity index is 1030. The minimum absolute atomic E-state index is 0.0193. The van der Waals surface area contributed by atoms with Crippen molar-refractivity contribution in [1.82, 2.24) is 19.5 Å². The van der Waals surface area contributed by atoms with Gasteiger partial charge in [0.15, 0.2) is 11.9 Å². The number of halogens is 1. The molecule has 1 aliphatic rings. The van der Waals surface area contributed by atoms with Gasteiger partial charge in [-0.2, -0.15) is 0 Å². The Kier molecular flexibility index (Phi) is 5.41. The third-order valence-corrected chi connectivity index (χ3v) is 5.66. The Balaban J connectivity index is 1.55. The lowest BCUT2D eigenvalue weighted by molar-refractivity contribution is -0.384. The van der Waals surface area contributed by atoms with Gasteiger partial charge in [-0.1, -0.05) is 23.9 Å². The van der Waals surface area contributed by atoms with Crippen molar-refractivity contribution in [2.24, 2.45) is 0 Å². The minimum Gasteiger partial charge on any atom is -0.387 e. The summed E-state index contributed by atoms with van der Waals surface area (Å²) in [4.78, 5) is 23.0. The smallest absolute Gasteiger partial charge is 0.269 e. The first-order valence-electron chi connectivity index (χ1n) is 8.61. The quantitative estimate of drug-likeness (QED) is 0.263. The van der Waals surface area contributed by atoms with Crippen LogP contribution < -0.4 is 0 Å². The number of nitro groups is 1. The van der Waals surface area contributed by atoms with Crippen LogP contribution in [-0.4, -0.2) is 59.6 Å². The highest BCUT2D eigenvalue weighted by atomic mass is 32.2. The highest BCUT2D eigenvalue weighted by molar-refractivity contribution is 7.98. The molecular weight excluding hydrogens is 405 g/mol. The molecule has 0 amide bonds. The summed E-state index contributed by atoms with van der Waals surface area (Å²) >= 11 is 1.37. The predicted octanol–water partition coefficient (Wildman–Crippen LogP) is 1.62. The van der Waals surface area contributed by atoms with Gasteiger partial charge in [-0.3, -0.25) is 14.7 Å². The van der Waals surface area contributed by atoms with Crippen LogP contribution in [0.3, 0.4) is 0 Å².